The summed E-state index contributed by atoms with van der Waals surface area (Å²) in [6.07, 6.45) is 8.22. The van der Waals surface area contributed by atoms with E-state index in [-0.39, 0.29) is 11.3 Å². The molecular weight excluding hydrogens is 172 g/mol. The second-order valence-corrected chi connectivity index (χ2v) is 5.26. The van der Waals surface area contributed by atoms with Gasteiger partial charge in [-0.2, -0.15) is 0 Å². The third kappa shape index (κ3) is 1.45. The van der Waals surface area contributed by atoms with Crippen molar-refractivity contribution in [3.63, 3.8) is 0 Å². The van der Waals surface area contributed by atoms with Crippen molar-refractivity contribution in [2.24, 2.45) is 17.3 Å². The summed E-state index contributed by atoms with van der Waals surface area (Å²) in [5.74, 6) is 1.10. The summed E-state index contributed by atoms with van der Waals surface area (Å²) in [5, 5.41) is 0. The fourth-order valence-electron chi connectivity index (χ4n) is 2.73. The van der Waals surface area contributed by atoms with Crippen molar-refractivity contribution in [3.05, 3.63) is 23.8 Å². The normalized spacial score (nSPS) is 35.1. The number of allylic oxidation sites excluding steroid dienone is 4. The first kappa shape index (κ1) is 9.70. The molecule has 14 heavy (non-hydrogen) atoms. The predicted octanol–water partition coefficient (Wildman–Crippen LogP) is 3.12. The van der Waals surface area contributed by atoms with E-state index in [4.69, 9.17) is 0 Å². The molecule has 2 rings (SSSR count). The molecular formula is C13H18O. The van der Waals surface area contributed by atoms with Gasteiger partial charge in [0, 0.05) is 5.92 Å². The molecule has 0 aliphatic heterocycles. The maximum absolute atomic E-state index is 11.7. The predicted molar refractivity (Wildman–Crippen MR) is 57.9 cm³/mol. The Morgan fingerprint density at radius 2 is 2.14 bits per heavy atom. The summed E-state index contributed by atoms with van der Waals surface area (Å²) in [5.41, 5.74) is 1.57. The van der Waals surface area contributed by atoms with E-state index in [1.807, 2.05) is 0 Å². The summed E-state index contributed by atoms with van der Waals surface area (Å²) in [6, 6.07) is 0. The van der Waals surface area contributed by atoms with E-state index in [0.717, 1.165) is 12.8 Å². The first-order chi connectivity index (χ1) is 6.50. The van der Waals surface area contributed by atoms with E-state index < -0.39 is 0 Å². The first-order valence-electron chi connectivity index (χ1n) is 5.39. The van der Waals surface area contributed by atoms with Crippen LogP contribution in [0.5, 0.6) is 0 Å². The highest BCUT2D eigenvalue weighted by atomic mass is 16.1. The molecule has 2 atom stereocenters. The summed E-state index contributed by atoms with van der Waals surface area (Å²) < 4.78 is 0. The average molecular weight is 190 g/mol. The second-order valence-electron chi connectivity index (χ2n) is 5.26. The summed E-state index contributed by atoms with van der Waals surface area (Å²) in [4.78, 5) is 11.7. The number of rotatable bonds is 0. The Balaban J connectivity index is 2.35. The molecule has 0 aromatic carbocycles. The molecule has 1 nitrogen and oxygen atoms in total. The van der Waals surface area contributed by atoms with E-state index >= 15 is 0 Å². The minimum absolute atomic E-state index is 0.190. The number of hydrogen-bond acceptors (Lipinski definition) is 1. The highest BCUT2D eigenvalue weighted by molar-refractivity contribution is 5.93. The zero-order valence-electron chi connectivity index (χ0n) is 9.21. The lowest BCUT2D eigenvalue weighted by Gasteiger charge is -2.41. The molecule has 0 radical (unpaired) electrons. The molecule has 0 fully saturated rings. The average Bonchev–Trinajstić information content (AvgIpc) is 2.12. The molecule has 0 aromatic rings. The van der Waals surface area contributed by atoms with Crippen LogP contribution in [0, 0.1) is 17.3 Å². The topological polar surface area (TPSA) is 17.1 Å². The van der Waals surface area contributed by atoms with Crippen LogP contribution in [0.1, 0.15) is 33.6 Å². The third-order valence-electron chi connectivity index (χ3n) is 3.75. The fourth-order valence-corrected chi connectivity index (χ4v) is 2.73. The van der Waals surface area contributed by atoms with Gasteiger partial charge < -0.3 is 0 Å². The molecule has 0 bridgehead atoms. The third-order valence-corrected chi connectivity index (χ3v) is 3.75. The van der Waals surface area contributed by atoms with Gasteiger partial charge >= 0.3 is 0 Å². The van der Waals surface area contributed by atoms with E-state index in [9.17, 15) is 4.79 Å². The molecule has 0 spiro atoms. The van der Waals surface area contributed by atoms with Crippen LogP contribution < -0.4 is 0 Å². The van der Waals surface area contributed by atoms with Gasteiger partial charge in [0.2, 0.25) is 0 Å². The van der Waals surface area contributed by atoms with E-state index in [1.54, 1.807) is 6.08 Å². The molecule has 76 valence electrons. The molecule has 0 amide bonds. The summed E-state index contributed by atoms with van der Waals surface area (Å²) in [7, 11) is 0. The van der Waals surface area contributed by atoms with Crippen molar-refractivity contribution >= 4 is 5.78 Å². The van der Waals surface area contributed by atoms with E-state index in [0.29, 0.717) is 11.7 Å². The van der Waals surface area contributed by atoms with Gasteiger partial charge in [0.25, 0.3) is 0 Å². The number of carbonyl (C=O) groups is 1. The quantitative estimate of drug-likeness (QED) is 0.536. The standard InChI is InChI=1S/C13H18O/c1-9-4-5-11-10(8-9)12(14)6-7-13(11,2)3/h4,6-7,10-11H,5,8H2,1-3H3/t10-,11+/m1/s1. The molecule has 2 aliphatic carbocycles. The molecule has 0 aromatic heterocycles. The molecule has 0 unspecified atom stereocenters. The molecule has 1 heteroatoms. The second kappa shape index (κ2) is 3.08. The Morgan fingerprint density at radius 1 is 1.43 bits per heavy atom. The van der Waals surface area contributed by atoms with Gasteiger partial charge in [-0.25, -0.2) is 0 Å². The van der Waals surface area contributed by atoms with Crippen LogP contribution in [0.15, 0.2) is 23.8 Å². The van der Waals surface area contributed by atoms with Crippen LogP contribution in [-0.4, -0.2) is 5.78 Å². The molecule has 0 saturated carbocycles. The first-order valence-corrected chi connectivity index (χ1v) is 5.39. The van der Waals surface area contributed by atoms with Crippen molar-refractivity contribution in [2.45, 2.75) is 33.6 Å². The minimum Gasteiger partial charge on any atom is -0.295 e. The fraction of sp³-hybridized carbons (Fsp3) is 0.615. The lowest BCUT2D eigenvalue weighted by Crippen LogP contribution is -2.38. The Bertz CT molecular complexity index is 320. The van der Waals surface area contributed by atoms with Crippen LogP contribution in [0.25, 0.3) is 0 Å². The number of fused-ring (bicyclic) bond motifs is 1. The Kier molecular flexibility index (Phi) is 2.13. The monoisotopic (exact) mass is 190 g/mol. The lowest BCUT2D eigenvalue weighted by molar-refractivity contribution is -0.122. The van der Waals surface area contributed by atoms with Crippen molar-refractivity contribution in [3.8, 4) is 0 Å². The van der Waals surface area contributed by atoms with Gasteiger partial charge in [0.1, 0.15) is 0 Å². The highest BCUT2D eigenvalue weighted by Gasteiger charge is 2.40. The number of carbonyl (C=O) groups excluding carboxylic acids is 1. The maximum Gasteiger partial charge on any atom is 0.159 e. The zero-order chi connectivity index (χ0) is 10.3. The summed E-state index contributed by atoms with van der Waals surface area (Å²) in [6.45, 7) is 6.61. The van der Waals surface area contributed by atoms with Crippen LogP contribution >= 0.6 is 0 Å². The number of hydrogen-bond donors (Lipinski definition) is 0. The maximum atomic E-state index is 11.7. The SMILES string of the molecule is CC1=CC[C@H]2[C@@H](C1)C(=O)C=CC2(C)C. The van der Waals surface area contributed by atoms with Crippen molar-refractivity contribution in [1.82, 2.24) is 0 Å². The van der Waals surface area contributed by atoms with Crippen molar-refractivity contribution in [1.29, 1.82) is 0 Å². The smallest absolute Gasteiger partial charge is 0.159 e. The van der Waals surface area contributed by atoms with Crippen LogP contribution in [0.3, 0.4) is 0 Å². The molecule has 0 saturated heterocycles. The van der Waals surface area contributed by atoms with Crippen LogP contribution in [0.2, 0.25) is 0 Å². The van der Waals surface area contributed by atoms with Gasteiger partial charge in [-0.15, -0.1) is 0 Å². The van der Waals surface area contributed by atoms with E-state index in [1.165, 1.54) is 5.57 Å². The zero-order valence-corrected chi connectivity index (χ0v) is 9.21. The highest BCUT2D eigenvalue weighted by Crippen LogP contribution is 2.45. The Morgan fingerprint density at radius 3 is 2.86 bits per heavy atom. The Hall–Kier alpha value is -0.850. The van der Waals surface area contributed by atoms with Crippen molar-refractivity contribution < 1.29 is 4.79 Å². The Labute approximate surface area is 85.9 Å². The van der Waals surface area contributed by atoms with Crippen LogP contribution in [-0.2, 0) is 4.79 Å². The molecule has 2 aliphatic rings. The van der Waals surface area contributed by atoms with Gasteiger partial charge in [0.05, 0.1) is 0 Å². The number of ketones is 1. The van der Waals surface area contributed by atoms with Gasteiger partial charge in [0.15, 0.2) is 5.78 Å². The van der Waals surface area contributed by atoms with E-state index in [2.05, 4.69) is 32.9 Å². The van der Waals surface area contributed by atoms with Crippen molar-refractivity contribution in [2.75, 3.05) is 0 Å². The van der Waals surface area contributed by atoms with Gasteiger partial charge in [-0.1, -0.05) is 31.6 Å². The molecule has 0 heterocycles. The van der Waals surface area contributed by atoms with Crippen LogP contribution in [0.4, 0.5) is 0 Å². The largest absolute Gasteiger partial charge is 0.295 e. The summed E-state index contributed by atoms with van der Waals surface area (Å²) >= 11 is 0. The molecule has 0 N–H and O–H groups in total. The van der Waals surface area contributed by atoms with Gasteiger partial charge in [-0.05, 0) is 37.2 Å². The van der Waals surface area contributed by atoms with Gasteiger partial charge in [-0.3, -0.25) is 4.79 Å². The lowest BCUT2D eigenvalue weighted by atomic mass is 9.62. The minimum atomic E-state index is 0.190.